The third kappa shape index (κ3) is 4.30. The number of hydrogen-bond donors (Lipinski definition) is 1. The average molecular weight is 311 g/mol. The highest BCUT2D eigenvalue weighted by molar-refractivity contribution is 5.30. The van der Waals surface area contributed by atoms with Gasteiger partial charge in [-0.2, -0.15) is 22.0 Å². The molecule has 0 radical (unpaired) electrons. The number of halogens is 5. The molecular formula is C14H18F5NO. The van der Waals surface area contributed by atoms with Crippen LogP contribution in [0.15, 0.2) is 24.3 Å². The molecule has 1 atom stereocenters. The summed E-state index contributed by atoms with van der Waals surface area (Å²) in [6.07, 6.45) is -5.73. The molecule has 0 spiro atoms. The number of ether oxygens (including phenoxy) is 1. The summed E-state index contributed by atoms with van der Waals surface area (Å²) in [5.41, 5.74) is -0.143. The summed E-state index contributed by atoms with van der Waals surface area (Å²) < 4.78 is 70.0. The van der Waals surface area contributed by atoms with Gasteiger partial charge in [-0.3, -0.25) is 0 Å². The summed E-state index contributed by atoms with van der Waals surface area (Å²) in [6.45, 7) is 5.02. The minimum Gasteiger partial charge on any atom is -0.491 e. The van der Waals surface area contributed by atoms with Crippen LogP contribution in [0.1, 0.15) is 32.4 Å². The first kappa shape index (κ1) is 17.7. The molecule has 0 aromatic heterocycles. The van der Waals surface area contributed by atoms with E-state index < -0.39 is 18.1 Å². The summed E-state index contributed by atoms with van der Waals surface area (Å²) >= 11 is 0. The topological polar surface area (TPSA) is 21.3 Å². The average Bonchev–Trinajstić information content (AvgIpc) is 2.35. The first-order valence-corrected chi connectivity index (χ1v) is 6.54. The van der Waals surface area contributed by atoms with Gasteiger partial charge >= 0.3 is 12.1 Å². The van der Waals surface area contributed by atoms with E-state index in [9.17, 15) is 22.0 Å². The molecule has 0 saturated heterocycles. The molecule has 0 aliphatic rings. The van der Waals surface area contributed by atoms with Gasteiger partial charge in [0.2, 0.25) is 0 Å². The van der Waals surface area contributed by atoms with Gasteiger partial charge in [0.1, 0.15) is 11.8 Å². The summed E-state index contributed by atoms with van der Waals surface area (Å²) in [7, 11) is 0. The van der Waals surface area contributed by atoms with Gasteiger partial charge in [0.05, 0.1) is 6.10 Å². The van der Waals surface area contributed by atoms with Crippen molar-refractivity contribution in [2.45, 2.75) is 45.0 Å². The predicted molar refractivity (Wildman–Crippen MR) is 69.6 cm³/mol. The van der Waals surface area contributed by atoms with Gasteiger partial charge in [-0.05, 0) is 38.1 Å². The van der Waals surface area contributed by atoms with E-state index in [4.69, 9.17) is 4.74 Å². The van der Waals surface area contributed by atoms with Gasteiger partial charge < -0.3 is 10.1 Å². The summed E-state index contributed by atoms with van der Waals surface area (Å²) in [5.74, 6) is -4.44. The van der Waals surface area contributed by atoms with Gasteiger partial charge in [-0.1, -0.05) is 19.1 Å². The van der Waals surface area contributed by atoms with E-state index in [1.54, 1.807) is 13.8 Å². The van der Waals surface area contributed by atoms with Crippen LogP contribution in [0.4, 0.5) is 22.0 Å². The lowest BCUT2D eigenvalue weighted by molar-refractivity contribution is -0.294. The Morgan fingerprint density at radius 3 is 1.95 bits per heavy atom. The highest BCUT2D eigenvalue weighted by Crippen LogP contribution is 2.44. The van der Waals surface area contributed by atoms with Crippen LogP contribution in [0, 0.1) is 0 Å². The summed E-state index contributed by atoms with van der Waals surface area (Å²) in [6, 6.07) is 3.06. The Balaban J connectivity index is 3.06. The van der Waals surface area contributed by atoms with Crippen LogP contribution in [-0.4, -0.2) is 24.7 Å². The Morgan fingerprint density at radius 2 is 1.57 bits per heavy atom. The molecule has 1 unspecified atom stereocenters. The molecule has 0 heterocycles. The second-order valence-electron chi connectivity index (χ2n) is 4.85. The molecule has 1 N–H and O–H groups in total. The fraction of sp³-hybridized carbons (Fsp3) is 0.571. The van der Waals surface area contributed by atoms with E-state index in [0.29, 0.717) is 5.75 Å². The van der Waals surface area contributed by atoms with Gasteiger partial charge in [0.25, 0.3) is 0 Å². The molecule has 2 nitrogen and oxygen atoms in total. The van der Waals surface area contributed by atoms with Crippen molar-refractivity contribution in [2.24, 2.45) is 0 Å². The van der Waals surface area contributed by atoms with Gasteiger partial charge in [0, 0.05) is 0 Å². The van der Waals surface area contributed by atoms with Crippen LogP contribution >= 0.6 is 0 Å². The highest BCUT2D eigenvalue weighted by Gasteiger charge is 2.62. The Labute approximate surface area is 120 Å². The van der Waals surface area contributed by atoms with Crippen molar-refractivity contribution in [3.8, 4) is 5.75 Å². The molecule has 0 fully saturated rings. The molecule has 0 aliphatic carbocycles. The molecule has 0 aliphatic heterocycles. The van der Waals surface area contributed by atoms with Crippen molar-refractivity contribution in [1.29, 1.82) is 0 Å². The number of alkyl halides is 5. The Hall–Kier alpha value is -1.37. The smallest absolute Gasteiger partial charge is 0.455 e. The van der Waals surface area contributed by atoms with Crippen LogP contribution in [0.5, 0.6) is 5.75 Å². The summed E-state index contributed by atoms with van der Waals surface area (Å²) in [4.78, 5) is 0. The van der Waals surface area contributed by atoms with Crippen LogP contribution in [0.2, 0.25) is 0 Å². The largest absolute Gasteiger partial charge is 0.491 e. The first-order valence-electron chi connectivity index (χ1n) is 6.54. The van der Waals surface area contributed by atoms with Crippen LogP contribution in [0.3, 0.4) is 0 Å². The minimum atomic E-state index is -5.62. The standard InChI is InChI=1S/C14H18F5NO/c1-4-20-12(13(15,16)14(17,18)19)10-5-7-11(8-6-10)21-9(2)3/h5-9,12,20H,4H2,1-3H3. The van der Waals surface area contributed by atoms with E-state index in [-0.39, 0.29) is 18.2 Å². The quantitative estimate of drug-likeness (QED) is 0.790. The maximum Gasteiger partial charge on any atom is 0.455 e. The van der Waals surface area contributed by atoms with Gasteiger partial charge in [0.15, 0.2) is 0 Å². The zero-order chi connectivity index (χ0) is 16.3. The normalized spacial score (nSPS) is 14.3. The molecule has 21 heavy (non-hydrogen) atoms. The molecule has 0 amide bonds. The van der Waals surface area contributed by atoms with Crippen molar-refractivity contribution < 1.29 is 26.7 Å². The fourth-order valence-electron chi connectivity index (χ4n) is 1.83. The van der Waals surface area contributed by atoms with Crippen LogP contribution < -0.4 is 10.1 Å². The molecule has 1 aromatic rings. The minimum absolute atomic E-state index is 0.0133. The van der Waals surface area contributed by atoms with Crippen LogP contribution in [0.25, 0.3) is 0 Å². The Bertz CT molecular complexity index is 442. The highest BCUT2D eigenvalue weighted by atomic mass is 19.4. The third-order valence-corrected chi connectivity index (χ3v) is 2.73. The van der Waals surface area contributed by atoms with Crippen LogP contribution in [-0.2, 0) is 0 Å². The lowest BCUT2D eigenvalue weighted by Gasteiger charge is -2.29. The monoisotopic (exact) mass is 311 g/mol. The van der Waals surface area contributed by atoms with E-state index in [2.05, 4.69) is 5.32 Å². The maximum atomic E-state index is 13.6. The number of nitrogens with one attached hydrogen (secondary N) is 1. The maximum absolute atomic E-state index is 13.6. The lowest BCUT2D eigenvalue weighted by atomic mass is 9.99. The van der Waals surface area contributed by atoms with Crippen molar-refractivity contribution in [3.63, 3.8) is 0 Å². The van der Waals surface area contributed by atoms with Crippen molar-refractivity contribution in [2.75, 3.05) is 6.54 Å². The van der Waals surface area contributed by atoms with Crippen molar-refractivity contribution in [1.82, 2.24) is 5.32 Å². The molecule has 1 rings (SSSR count). The molecule has 1 aromatic carbocycles. The number of rotatable bonds is 6. The lowest BCUT2D eigenvalue weighted by Crippen LogP contribution is -2.47. The fourth-order valence-corrected chi connectivity index (χ4v) is 1.83. The van der Waals surface area contributed by atoms with Gasteiger partial charge in [-0.25, -0.2) is 0 Å². The third-order valence-electron chi connectivity index (χ3n) is 2.73. The molecular weight excluding hydrogens is 293 g/mol. The zero-order valence-electron chi connectivity index (χ0n) is 12.0. The SMILES string of the molecule is CCNC(c1ccc(OC(C)C)cc1)C(F)(F)C(F)(F)F. The Kier molecular flexibility index (Phi) is 5.55. The van der Waals surface area contributed by atoms with E-state index in [1.165, 1.54) is 31.2 Å². The predicted octanol–water partition coefficient (Wildman–Crippen LogP) is 4.32. The zero-order valence-corrected chi connectivity index (χ0v) is 12.0. The van der Waals surface area contributed by atoms with Crippen molar-refractivity contribution in [3.05, 3.63) is 29.8 Å². The number of hydrogen-bond acceptors (Lipinski definition) is 2. The molecule has 120 valence electrons. The van der Waals surface area contributed by atoms with Gasteiger partial charge in [-0.15, -0.1) is 0 Å². The molecule has 0 saturated carbocycles. The van der Waals surface area contributed by atoms with E-state index in [0.717, 1.165) is 0 Å². The first-order chi connectivity index (χ1) is 9.59. The number of benzene rings is 1. The van der Waals surface area contributed by atoms with E-state index in [1.807, 2.05) is 0 Å². The van der Waals surface area contributed by atoms with Crippen molar-refractivity contribution >= 4 is 0 Å². The summed E-state index contributed by atoms with van der Waals surface area (Å²) in [5, 5.41) is 2.20. The molecule has 0 bridgehead atoms. The second-order valence-corrected chi connectivity index (χ2v) is 4.85. The molecule has 7 heteroatoms. The van der Waals surface area contributed by atoms with E-state index >= 15 is 0 Å². The second kappa shape index (κ2) is 6.60. The Morgan fingerprint density at radius 1 is 1.05 bits per heavy atom.